The van der Waals surface area contributed by atoms with Crippen molar-refractivity contribution in [2.75, 3.05) is 0 Å². The topological polar surface area (TPSA) is 9.23 Å². The summed E-state index contributed by atoms with van der Waals surface area (Å²) in [6.07, 6.45) is 0. The Morgan fingerprint density at radius 2 is 1.13 bits per heavy atom. The molecule has 0 saturated heterocycles. The van der Waals surface area contributed by atoms with Gasteiger partial charge in [0.15, 0.2) is 0 Å². The van der Waals surface area contributed by atoms with Crippen LogP contribution in [0.5, 0.6) is 0 Å². The van der Waals surface area contributed by atoms with Crippen LogP contribution in [0, 0.1) is 12.0 Å². The first-order valence-corrected chi connectivity index (χ1v) is 13.7. The summed E-state index contributed by atoms with van der Waals surface area (Å²) in [4.78, 5) is 0. The molecular weight excluding hydrogens is 312 g/mol. The van der Waals surface area contributed by atoms with Gasteiger partial charge in [0.25, 0.3) is 0 Å². The van der Waals surface area contributed by atoms with E-state index in [0.29, 0.717) is 5.92 Å². The van der Waals surface area contributed by atoms with E-state index in [2.05, 4.69) is 94.1 Å². The van der Waals surface area contributed by atoms with Crippen LogP contribution in [0.15, 0.2) is 32.8 Å². The van der Waals surface area contributed by atoms with Crippen molar-refractivity contribution in [3.05, 3.63) is 38.9 Å². The van der Waals surface area contributed by atoms with E-state index in [4.69, 9.17) is 4.12 Å². The predicted molar refractivity (Wildman–Crippen MR) is 111 cm³/mol. The molecule has 23 heavy (non-hydrogen) atoms. The molecule has 0 aliphatic carbocycles. The molecule has 2 atom stereocenters. The number of rotatable bonds is 7. The van der Waals surface area contributed by atoms with E-state index in [9.17, 15) is 0 Å². The largest absolute Gasteiger partial charge is 0.446 e. The molecule has 2 unspecified atom stereocenters. The molecule has 1 nitrogen and oxygen atoms in total. The predicted octanol–water partition coefficient (Wildman–Crippen LogP) is 6.85. The highest BCUT2D eigenvalue weighted by molar-refractivity contribution is 6.96. The lowest BCUT2D eigenvalue weighted by molar-refractivity contribution is 0.554. The lowest BCUT2D eigenvalue weighted by atomic mass is 10.3. The van der Waals surface area contributed by atoms with Crippen LogP contribution in [-0.4, -0.2) is 16.6 Å². The maximum absolute atomic E-state index is 7.12. The third kappa shape index (κ3) is 6.56. The smallest absolute Gasteiger partial charge is 0.230 e. The van der Waals surface area contributed by atoms with Crippen LogP contribution in [0.1, 0.15) is 69.2 Å². The van der Waals surface area contributed by atoms with E-state index in [1.54, 1.807) is 0 Å². The van der Waals surface area contributed by atoms with Crippen molar-refractivity contribution in [1.82, 2.24) is 0 Å². The minimum Gasteiger partial charge on any atom is -0.446 e. The lowest BCUT2D eigenvalue weighted by Gasteiger charge is -2.40. The van der Waals surface area contributed by atoms with Gasteiger partial charge in [-0.05, 0) is 80.4 Å². The van der Waals surface area contributed by atoms with Crippen LogP contribution < -0.4 is 0 Å². The van der Waals surface area contributed by atoms with E-state index in [1.165, 1.54) is 27.1 Å². The molecule has 0 rings (SSSR count). The molecular formula is C20H39OSi2. The van der Waals surface area contributed by atoms with Gasteiger partial charge in [0, 0.05) is 0 Å². The minimum atomic E-state index is -2.08. The highest BCUT2D eigenvalue weighted by Gasteiger charge is 2.42. The molecule has 0 spiro atoms. The van der Waals surface area contributed by atoms with Crippen LogP contribution in [0.3, 0.4) is 0 Å². The van der Waals surface area contributed by atoms with Crippen molar-refractivity contribution in [1.29, 1.82) is 0 Å². The zero-order chi connectivity index (χ0) is 18.6. The Hall–Kier alpha value is -0.386. The van der Waals surface area contributed by atoms with Crippen LogP contribution in [0.2, 0.25) is 13.1 Å². The fourth-order valence-electron chi connectivity index (χ4n) is 3.07. The SMILES string of the molecule is CC(C)=C[Si](C)(O[Si](C)([CH]C(C)C)C(C)=C(C)C)C(C)=C(C)C. The van der Waals surface area contributed by atoms with Crippen molar-refractivity contribution in [3.63, 3.8) is 0 Å². The fourth-order valence-corrected chi connectivity index (χ4v) is 13.2. The number of hydrogen-bond acceptors (Lipinski definition) is 1. The second-order valence-electron chi connectivity index (χ2n) is 8.20. The van der Waals surface area contributed by atoms with Crippen LogP contribution in [0.4, 0.5) is 0 Å². The molecule has 3 heteroatoms. The number of hydrogen-bond donors (Lipinski definition) is 0. The number of allylic oxidation sites excluding steroid dienone is 5. The van der Waals surface area contributed by atoms with E-state index in [0.717, 1.165) is 0 Å². The van der Waals surface area contributed by atoms with Crippen molar-refractivity contribution in [2.24, 2.45) is 5.92 Å². The van der Waals surface area contributed by atoms with Crippen LogP contribution in [0.25, 0.3) is 0 Å². The first-order valence-electron chi connectivity index (χ1n) is 8.76. The first-order chi connectivity index (χ1) is 10.2. The summed E-state index contributed by atoms with van der Waals surface area (Å²) in [6.45, 7) is 27.0. The third-order valence-corrected chi connectivity index (χ3v) is 14.4. The quantitative estimate of drug-likeness (QED) is 0.456. The molecule has 133 valence electrons. The molecule has 0 bridgehead atoms. The van der Waals surface area contributed by atoms with E-state index < -0.39 is 16.6 Å². The summed E-state index contributed by atoms with van der Waals surface area (Å²) in [5.41, 5.74) is 6.58. The fraction of sp³-hybridized carbons (Fsp3) is 0.650. The maximum atomic E-state index is 7.12. The zero-order valence-electron chi connectivity index (χ0n) is 17.6. The average Bonchev–Trinajstić information content (AvgIpc) is 2.34. The monoisotopic (exact) mass is 351 g/mol. The Kier molecular flexibility index (Phi) is 8.49. The second-order valence-corrected chi connectivity index (χ2v) is 15.6. The Labute approximate surface area is 148 Å². The molecule has 1 radical (unpaired) electrons. The summed E-state index contributed by atoms with van der Waals surface area (Å²) >= 11 is 0. The van der Waals surface area contributed by atoms with Crippen molar-refractivity contribution < 1.29 is 4.12 Å². The first kappa shape index (κ1) is 22.6. The van der Waals surface area contributed by atoms with Gasteiger partial charge in [0.2, 0.25) is 16.6 Å². The van der Waals surface area contributed by atoms with Gasteiger partial charge in [-0.25, -0.2) is 0 Å². The van der Waals surface area contributed by atoms with E-state index in [1.807, 2.05) is 0 Å². The lowest BCUT2D eigenvalue weighted by Crippen LogP contribution is -2.51. The molecule has 0 aromatic heterocycles. The Bertz CT molecular complexity index is 502. The summed E-state index contributed by atoms with van der Waals surface area (Å²) in [6, 6.07) is 2.50. The highest BCUT2D eigenvalue weighted by Crippen LogP contribution is 2.33. The van der Waals surface area contributed by atoms with Gasteiger partial charge in [-0.1, -0.05) is 46.7 Å². The summed E-state index contributed by atoms with van der Waals surface area (Å²) in [5.74, 6) is 0.540. The minimum absolute atomic E-state index is 0.540. The van der Waals surface area contributed by atoms with Gasteiger partial charge in [-0.3, -0.25) is 0 Å². The molecule has 0 saturated carbocycles. The second kappa shape index (κ2) is 8.63. The standard InChI is InChI=1S/C20H39OSi2/c1-15(2)13-22(11,19(9)17(5)6)21-23(12,14-16(3)4)20(10)18(7)8/h13-15H,1-12H3. The Morgan fingerprint density at radius 1 is 0.739 bits per heavy atom. The van der Waals surface area contributed by atoms with Gasteiger partial charge in [-0.2, -0.15) is 0 Å². The molecule has 0 fully saturated rings. The van der Waals surface area contributed by atoms with Gasteiger partial charge in [0.1, 0.15) is 0 Å². The Balaban J connectivity index is 6.16. The van der Waals surface area contributed by atoms with Crippen molar-refractivity contribution in [3.8, 4) is 0 Å². The molecule has 0 aliphatic rings. The summed E-state index contributed by atoms with van der Waals surface area (Å²) in [5, 5.41) is 2.92. The molecule has 0 aromatic rings. The van der Waals surface area contributed by atoms with Gasteiger partial charge < -0.3 is 4.12 Å². The summed E-state index contributed by atoms with van der Waals surface area (Å²) < 4.78 is 7.12. The summed E-state index contributed by atoms with van der Waals surface area (Å²) in [7, 11) is -4.13. The molecule has 0 aromatic carbocycles. The Morgan fingerprint density at radius 3 is 1.43 bits per heavy atom. The average molecular weight is 352 g/mol. The van der Waals surface area contributed by atoms with Crippen molar-refractivity contribution >= 4 is 16.6 Å². The van der Waals surface area contributed by atoms with Gasteiger partial charge in [-0.15, -0.1) is 0 Å². The zero-order valence-corrected chi connectivity index (χ0v) is 19.6. The maximum Gasteiger partial charge on any atom is 0.230 e. The van der Waals surface area contributed by atoms with Gasteiger partial charge >= 0.3 is 0 Å². The van der Waals surface area contributed by atoms with E-state index >= 15 is 0 Å². The normalized spacial score (nSPS) is 16.4. The van der Waals surface area contributed by atoms with E-state index in [-0.39, 0.29) is 0 Å². The molecule has 0 heterocycles. The van der Waals surface area contributed by atoms with Crippen LogP contribution >= 0.6 is 0 Å². The third-order valence-electron chi connectivity index (χ3n) is 4.63. The molecule has 0 aliphatic heterocycles. The molecule has 0 amide bonds. The molecule has 0 N–H and O–H groups in total. The van der Waals surface area contributed by atoms with Crippen LogP contribution in [-0.2, 0) is 4.12 Å². The van der Waals surface area contributed by atoms with Crippen molar-refractivity contribution in [2.45, 2.75) is 82.3 Å². The highest BCUT2D eigenvalue weighted by atomic mass is 28.4. The van der Waals surface area contributed by atoms with Gasteiger partial charge in [0.05, 0.1) is 0 Å².